The van der Waals surface area contributed by atoms with Gasteiger partial charge in [-0.25, -0.2) is 0 Å². The van der Waals surface area contributed by atoms with E-state index in [9.17, 15) is 4.79 Å². The lowest BCUT2D eigenvalue weighted by molar-refractivity contribution is -0.143. The summed E-state index contributed by atoms with van der Waals surface area (Å²) in [7, 11) is 3.53. The zero-order valence-corrected chi connectivity index (χ0v) is 11.1. The first-order valence-electron chi connectivity index (χ1n) is 5.93. The van der Waals surface area contributed by atoms with Gasteiger partial charge in [0.2, 0.25) is 0 Å². The van der Waals surface area contributed by atoms with Crippen LogP contribution < -0.4 is 0 Å². The Morgan fingerprint density at radius 2 is 2.33 bits per heavy atom. The number of hydrogen-bond donors (Lipinski definition) is 0. The van der Waals surface area contributed by atoms with Crippen LogP contribution in [0.25, 0.3) is 0 Å². The Kier molecular flexibility index (Phi) is 6.38. The van der Waals surface area contributed by atoms with E-state index in [0.29, 0.717) is 38.5 Å². The van der Waals surface area contributed by atoms with Crippen LogP contribution in [0.2, 0.25) is 0 Å². The van der Waals surface area contributed by atoms with Gasteiger partial charge in [0.1, 0.15) is 6.61 Å². The average Bonchev–Trinajstić information content (AvgIpc) is 2.75. The van der Waals surface area contributed by atoms with Crippen molar-refractivity contribution in [3.05, 3.63) is 17.5 Å². The standard InChI is InChI=1S/C12H20N2O4/c1-4-17-12(15)5-6-14(2)8-10-7-11(9-16-3)18-13-10/h7H,4-6,8-9H2,1-3H3. The van der Waals surface area contributed by atoms with Gasteiger partial charge in [-0.3, -0.25) is 9.69 Å². The maximum Gasteiger partial charge on any atom is 0.307 e. The van der Waals surface area contributed by atoms with E-state index in [4.69, 9.17) is 14.0 Å². The van der Waals surface area contributed by atoms with Crippen molar-refractivity contribution in [1.29, 1.82) is 0 Å². The predicted molar refractivity (Wildman–Crippen MR) is 64.8 cm³/mol. The molecule has 0 N–H and O–H groups in total. The molecule has 0 aliphatic rings. The molecule has 102 valence electrons. The molecule has 1 aromatic rings. The van der Waals surface area contributed by atoms with Crippen LogP contribution in [0.15, 0.2) is 10.6 Å². The molecule has 0 unspecified atom stereocenters. The molecule has 0 atom stereocenters. The maximum atomic E-state index is 11.2. The molecular weight excluding hydrogens is 236 g/mol. The Labute approximate surface area is 107 Å². The summed E-state index contributed by atoms with van der Waals surface area (Å²) < 4.78 is 14.9. The molecule has 0 aliphatic heterocycles. The molecule has 0 aromatic carbocycles. The second kappa shape index (κ2) is 7.84. The number of aromatic nitrogens is 1. The highest BCUT2D eigenvalue weighted by Gasteiger charge is 2.09. The zero-order chi connectivity index (χ0) is 13.4. The molecule has 0 spiro atoms. The number of hydrogen-bond acceptors (Lipinski definition) is 6. The van der Waals surface area contributed by atoms with E-state index < -0.39 is 0 Å². The van der Waals surface area contributed by atoms with E-state index in [1.54, 1.807) is 14.0 Å². The molecule has 6 heteroatoms. The van der Waals surface area contributed by atoms with E-state index in [2.05, 4.69) is 5.16 Å². The fraction of sp³-hybridized carbons (Fsp3) is 0.667. The van der Waals surface area contributed by atoms with Crippen molar-refractivity contribution in [2.75, 3.05) is 27.3 Å². The fourth-order valence-corrected chi connectivity index (χ4v) is 1.51. The molecule has 0 aliphatic carbocycles. The summed E-state index contributed by atoms with van der Waals surface area (Å²) in [6.07, 6.45) is 0.382. The Morgan fingerprint density at radius 3 is 3.00 bits per heavy atom. The Morgan fingerprint density at radius 1 is 1.56 bits per heavy atom. The lowest BCUT2D eigenvalue weighted by Gasteiger charge is -2.13. The van der Waals surface area contributed by atoms with Crippen LogP contribution in [-0.4, -0.2) is 43.3 Å². The summed E-state index contributed by atoms with van der Waals surface area (Å²) in [4.78, 5) is 13.2. The van der Waals surface area contributed by atoms with Crippen molar-refractivity contribution in [2.45, 2.75) is 26.5 Å². The third-order valence-electron chi connectivity index (χ3n) is 2.33. The molecule has 0 saturated carbocycles. The topological polar surface area (TPSA) is 64.8 Å². The zero-order valence-electron chi connectivity index (χ0n) is 11.1. The lowest BCUT2D eigenvalue weighted by Crippen LogP contribution is -2.22. The third-order valence-corrected chi connectivity index (χ3v) is 2.33. The minimum Gasteiger partial charge on any atom is -0.466 e. The number of carbonyl (C=O) groups excluding carboxylic acids is 1. The van der Waals surface area contributed by atoms with Crippen LogP contribution in [-0.2, 0) is 27.4 Å². The van der Waals surface area contributed by atoms with Gasteiger partial charge in [0.15, 0.2) is 5.76 Å². The molecule has 18 heavy (non-hydrogen) atoms. The van der Waals surface area contributed by atoms with E-state index in [0.717, 1.165) is 5.69 Å². The number of carbonyl (C=O) groups is 1. The van der Waals surface area contributed by atoms with Gasteiger partial charge < -0.3 is 14.0 Å². The summed E-state index contributed by atoms with van der Waals surface area (Å²) in [6.45, 7) is 3.90. The van der Waals surface area contributed by atoms with Gasteiger partial charge in [0.05, 0.1) is 18.7 Å². The van der Waals surface area contributed by atoms with Crippen molar-refractivity contribution in [2.24, 2.45) is 0 Å². The monoisotopic (exact) mass is 256 g/mol. The van der Waals surface area contributed by atoms with Crippen LogP contribution in [0.3, 0.4) is 0 Å². The quantitative estimate of drug-likeness (QED) is 0.651. The molecule has 0 amide bonds. The molecule has 0 saturated heterocycles. The van der Waals surface area contributed by atoms with Crippen LogP contribution in [0.4, 0.5) is 0 Å². The van der Waals surface area contributed by atoms with Gasteiger partial charge in [-0.2, -0.15) is 0 Å². The fourth-order valence-electron chi connectivity index (χ4n) is 1.51. The Hall–Kier alpha value is -1.40. The molecule has 1 rings (SSSR count). The number of ether oxygens (including phenoxy) is 2. The average molecular weight is 256 g/mol. The highest BCUT2D eigenvalue weighted by Crippen LogP contribution is 2.07. The van der Waals surface area contributed by atoms with Gasteiger partial charge in [0, 0.05) is 26.3 Å². The van der Waals surface area contributed by atoms with Crippen molar-refractivity contribution in [1.82, 2.24) is 10.1 Å². The predicted octanol–water partition coefficient (Wildman–Crippen LogP) is 1.21. The number of rotatable bonds is 8. The molecule has 0 radical (unpaired) electrons. The van der Waals surface area contributed by atoms with Gasteiger partial charge in [0.25, 0.3) is 0 Å². The molecule has 0 fully saturated rings. The maximum absolute atomic E-state index is 11.2. The first-order valence-corrected chi connectivity index (χ1v) is 5.93. The van der Waals surface area contributed by atoms with Crippen LogP contribution in [0, 0.1) is 0 Å². The molecule has 1 heterocycles. The second-order valence-corrected chi connectivity index (χ2v) is 4.01. The minimum absolute atomic E-state index is 0.176. The van der Waals surface area contributed by atoms with E-state index in [1.807, 2.05) is 18.0 Å². The van der Waals surface area contributed by atoms with Crippen LogP contribution in [0.5, 0.6) is 0 Å². The third kappa shape index (κ3) is 5.29. The van der Waals surface area contributed by atoms with Gasteiger partial charge in [-0.05, 0) is 14.0 Å². The normalized spacial score (nSPS) is 10.9. The van der Waals surface area contributed by atoms with Crippen molar-refractivity contribution in [3.63, 3.8) is 0 Å². The van der Waals surface area contributed by atoms with Crippen LogP contribution in [0.1, 0.15) is 24.8 Å². The number of nitrogens with zero attached hydrogens (tertiary/aromatic N) is 2. The van der Waals surface area contributed by atoms with Gasteiger partial charge >= 0.3 is 5.97 Å². The largest absolute Gasteiger partial charge is 0.466 e. The van der Waals surface area contributed by atoms with Crippen molar-refractivity contribution < 1.29 is 18.8 Å². The Bertz CT molecular complexity index is 365. The van der Waals surface area contributed by atoms with Gasteiger partial charge in [-0.15, -0.1) is 0 Å². The van der Waals surface area contributed by atoms with E-state index in [-0.39, 0.29) is 5.97 Å². The minimum atomic E-state index is -0.176. The Balaban J connectivity index is 2.30. The molecule has 0 bridgehead atoms. The molecule has 6 nitrogen and oxygen atoms in total. The molecular formula is C12H20N2O4. The molecule has 1 aromatic heterocycles. The summed E-state index contributed by atoms with van der Waals surface area (Å²) >= 11 is 0. The summed E-state index contributed by atoms with van der Waals surface area (Å²) in [6, 6.07) is 1.85. The van der Waals surface area contributed by atoms with Crippen molar-refractivity contribution in [3.8, 4) is 0 Å². The first-order chi connectivity index (χ1) is 8.65. The first kappa shape index (κ1) is 14.7. The number of esters is 1. The second-order valence-electron chi connectivity index (χ2n) is 4.01. The smallest absolute Gasteiger partial charge is 0.307 e. The lowest BCUT2D eigenvalue weighted by atomic mass is 10.3. The van der Waals surface area contributed by atoms with Crippen molar-refractivity contribution >= 4 is 5.97 Å². The highest BCUT2D eigenvalue weighted by molar-refractivity contribution is 5.69. The SMILES string of the molecule is CCOC(=O)CCN(C)Cc1cc(COC)on1. The summed E-state index contributed by atoms with van der Waals surface area (Å²) in [5.41, 5.74) is 0.827. The number of methoxy groups -OCH3 is 1. The summed E-state index contributed by atoms with van der Waals surface area (Å²) in [5, 5.41) is 3.93. The highest BCUT2D eigenvalue weighted by atomic mass is 16.5. The summed E-state index contributed by atoms with van der Waals surface area (Å²) in [5.74, 6) is 0.524. The van der Waals surface area contributed by atoms with E-state index in [1.165, 1.54) is 0 Å². The van der Waals surface area contributed by atoms with Crippen LogP contribution >= 0.6 is 0 Å². The van der Waals surface area contributed by atoms with E-state index >= 15 is 0 Å². The van der Waals surface area contributed by atoms with Gasteiger partial charge in [-0.1, -0.05) is 5.16 Å².